The summed E-state index contributed by atoms with van der Waals surface area (Å²) in [4.78, 5) is 57.8. The van der Waals surface area contributed by atoms with Crippen molar-refractivity contribution in [1.82, 2.24) is 4.98 Å². The first-order valence-electron chi connectivity index (χ1n) is 12.8. The Hall–Kier alpha value is -5.14. The lowest BCUT2D eigenvalue weighted by Crippen LogP contribution is -2.29. The Morgan fingerprint density at radius 1 is 0.805 bits per heavy atom. The number of esters is 1. The molecule has 0 spiro atoms. The van der Waals surface area contributed by atoms with Gasteiger partial charge in [-0.2, -0.15) is 0 Å². The number of nitrogens with zero attached hydrogens (tertiary/aromatic N) is 2. The monoisotopic (exact) mass is 560 g/mol. The molecule has 2 heterocycles. The summed E-state index contributed by atoms with van der Waals surface area (Å²) in [5, 5.41) is 0.822. The van der Waals surface area contributed by atoms with Crippen molar-refractivity contribution < 1.29 is 23.9 Å². The van der Waals surface area contributed by atoms with Gasteiger partial charge in [0.05, 0.1) is 38.6 Å². The van der Waals surface area contributed by atoms with Gasteiger partial charge in [0.25, 0.3) is 11.8 Å². The highest BCUT2D eigenvalue weighted by molar-refractivity contribution is 6.35. The summed E-state index contributed by atoms with van der Waals surface area (Å²) in [6.45, 7) is 1.53. The van der Waals surface area contributed by atoms with Gasteiger partial charge in [-0.05, 0) is 43.3 Å². The van der Waals surface area contributed by atoms with E-state index in [1.807, 2.05) is 0 Å². The van der Waals surface area contributed by atoms with Crippen molar-refractivity contribution in [3.8, 4) is 11.3 Å². The van der Waals surface area contributed by atoms with Crippen LogP contribution in [-0.2, 0) is 4.74 Å². The van der Waals surface area contributed by atoms with E-state index < -0.39 is 23.9 Å². The number of pyridine rings is 1. The Balaban J connectivity index is 1.33. The second-order valence-electron chi connectivity index (χ2n) is 9.51. The summed E-state index contributed by atoms with van der Waals surface area (Å²) < 4.78 is 5.59. The molecule has 200 valence electrons. The van der Waals surface area contributed by atoms with E-state index in [2.05, 4.69) is 4.98 Å². The van der Waals surface area contributed by atoms with Crippen molar-refractivity contribution in [1.29, 1.82) is 0 Å². The lowest BCUT2D eigenvalue weighted by atomic mass is 10.0. The van der Waals surface area contributed by atoms with E-state index >= 15 is 0 Å². The first-order valence-corrected chi connectivity index (χ1v) is 13.2. The highest BCUT2D eigenvalue weighted by atomic mass is 35.5. The number of anilines is 1. The molecule has 1 aromatic heterocycles. The van der Waals surface area contributed by atoms with Crippen molar-refractivity contribution in [3.63, 3.8) is 0 Å². The van der Waals surface area contributed by atoms with Crippen LogP contribution in [0.4, 0.5) is 5.69 Å². The molecule has 0 aliphatic carbocycles. The number of ketones is 1. The molecule has 1 aliphatic heterocycles. The average Bonchev–Trinajstić information content (AvgIpc) is 3.26. The Bertz CT molecular complexity index is 1830. The lowest BCUT2D eigenvalue weighted by Gasteiger charge is -2.16. The Morgan fingerprint density at radius 3 is 2.10 bits per heavy atom. The number of hydrogen-bond acceptors (Lipinski definition) is 6. The number of benzene rings is 4. The molecule has 1 aliphatic rings. The fraction of sp³-hybridized carbons (Fsp3) is 0.0606. The molecule has 1 unspecified atom stereocenters. The number of amides is 2. The number of fused-ring (bicyclic) bond motifs is 2. The van der Waals surface area contributed by atoms with Gasteiger partial charge in [0.1, 0.15) is 0 Å². The minimum atomic E-state index is -1.02. The van der Waals surface area contributed by atoms with E-state index in [0.29, 0.717) is 49.6 Å². The molecule has 0 saturated carbocycles. The summed E-state index contributed by atoms with van der Waals surface area (Å²) in [5.41, 5.74) is 3.20. The van der Waals surface area contributed by atoms with E-state index in [1.165, 1.54) is 6.92 Å². The van der Waals surface area contributed by atoms with Crippen LogP contribution in [-0.4, -0.2) is 34.7 Å². The highest BCUT2D eigenvalue weighted by Gasteiger charge is 2.36. The van der Waals surface area contributed by atoms with Gasteiger partial charge in [-0.3, -0.25) is 14.4 Å². The summed E-state index contributed by atoms with van der Waals surface area (Å²) in [5.74, 6) is -1.80. The number of para-hydroxylation sites is 1. The van der Waals surface area contributed by atoms with Gasteiger partial charge in [-0.25, -0.2) is 14.7 Å². The van der Waals surface area contributed by atoms with Gasteiger partial charge in [0, 0.05) is 16.5 Å². The van der Waals surface area contributed by atoms with E-state index in [1.54, 1.807) is 103 Å². The maximum Gasteiger partial charge on any atom is 0.339 e. The summed E-state index contributed by atoms with van der Waals surface area (Å²) in [7, 11) is 0. The zero-order valence-corrected chi connectivity index (χ0v) is 22.5. The highest BCUT2D eigenvalue weighted by Crippen LogP contribution is 2.33. The van der Waals surface area contributed by atoms with E-state index in [9.17, 15) is 19.2 Å². The van der Waals surface area contributed by atoms with Gasteiger partial charge >= 0.3 is 5.97 Å². The summed E-state index contributed by atoms with van der Waals surface area (Å²) in [6, 6.07) is 28.7. The number of ether oxygens (including phenoxy) is 1. The molecule has 8 heteroatoms. The summed E-state index contributed by atoms with van der Waals surface area (Å²) >= 11 is 6.47. The minimum Gasteiger partial charge on any atom is -0.451 e. The third kappa shape index (κ3) is 4.66. The smallest absolute Gasteiger partial charge is 0.339 e. The van der Waals surface area contributed by atoms with Gasteiger partial charge in [0.15, 0.2) is 6.10 Å². The second kappa shape index (κ2) is 10.4. The van der Waals surface area contributed by atoms with Crippen molar-refractivity contribution in [2.24, 2.45) is 0 Å². The molecule has 0 bridgehead atoms. The third-order valence-corrected chi connectivity index (χ3v) is 7.24. The number of Topliss-reactive ketones (excluding diaryl/α,β-unsaturated/α-hetero) is 1. The van der Waals surface area contributed by atoms with Gasteiger partial charge in [0.2, 0.25) is 5.78 Å². The standard InChI is InChI=1S/C33H21ClN2O5/c1-19(30(37)21-8-3-2-4-9-21)41-33(40)26-18-28(35-29-23(26)12-7-13-27(29)34)20-14-16-22(17-15-20)36-31(38)24-10-5-6-11-25(24)32(36)39/h2-19H,1H3. The van der Waals surface area contributed by atoms with Crippen LogP contribution in [0.1, 0.15) is 48.4 Å². The molecule has 1 atom stereocenters. The molecule has 6 rings (SSSR count). The third-order valence-electron chi connectivity index (χ3n) is 6.94. The van der Waals surface area contributed by atoms with Crippen molar-refractivity contribution in [2.45, 2.75) is 13.0 Å². The van der Waals surface area contributed by atoms with Crippen molar-refractivity contribution in [2.75, 3.05) is 4.90 Å². The SMILES string of the molecule is CC(OC(=O)c1cc(-c2ccc(N3C(=O)c4ccccc4C3=O)cc2)nc2c(Cl)cccc12)C(=O)c1ccccc1. The zero-order valence-electron chi connectivity index (χ0n) is 21.7. The number of rotatable bonds is 6. The maximum atomic E-state index is 13.4. The molecule has 0 radical (unpaired) electrons. The molecule has 0 N–H and O–H groups in total. The van der Waals surface area contributed by atoms with Crippen molar-refractivity contribution in [3.05, 3.63) is 130 Å². The van der Waals surface area contributed by atoms with Crippen LogP contribution in [0.25, 0.3) is 22.2 Å². The molecule has 7 nitrogen and oxygen atoms in total. The average molecular weight is 561 g/mol. The molecule has 4 aromatic carbocycles. The molecule has 0 saturated heterocycles. The van der Waals surface area contributed by atoms with Crippen LogP contribution in [0, 0.1) is 0 Å². The first-order chi connectivity index (χ1) is 19.8. The molecule has 5 aromatic rings. The predicted molar refractivity (Wildman–Crippen MR) is 155 cm³/mol. The topological polar surface area (TPSA) is 93.6 Å². The number of carbonyl (C=O) groups excluding carboxylic acids is 4. The van der Waals surface area contributed by atoms with Crippen LogP contribution in [0.3, 0.4) is 0 Å². The minimum absolute atomic E-state index is 0.199. The normalized spacial score (nSPS) is 13.3. The quantitative estimate of drug-likeness (QED) is 0.129. The number of halogens is 1. The van der Waals surface area contributed by atoms with E-state index in [4.69, 9.17) is 16.3 Å². The number of aromatic nitrogens is 1. The molecule has 41 heavy (non-hydrogen) atoms. The lowest BCUT2D eigenvalue weighted by molar-refractivity contribution is 0.0320. The van der Waals surface area contributed by atoms with Crippen LogP contribution >= 0.6 is 11.6 Å². The van der Waals surface area contributed by atoms with E-state index in [0.717, 1.165) is 4.90 Å². The first kappa shape index (κ1) is 26.1. The number of carbonyl (C=O) groups is 4. The zero-order chi connectivity index (χ0) is 28.7. The largest absolute Gasteiger partial charge is 0.451 e. The van der Waals surface area contributed by atoms with Gasteiger partial charge < -0.3 is 4.74 Å². The Kier molecular flexibility index (Phi) is 6.65. The molecular formula is C33H21ClN2O5. The van der Waals surface area contributed by atoms with E-state index in [-0.39, 0.29) is 11.3 Å². The van der Waals surface area contributed by atoms with Crippen LogP contribution < -0.4 is 4.90 Å². The Labute approximate surface area is 240 Å². The van der Waals surface area contributed by atoms with Crippen LogP contribution in [0.5, 0.6) is 0 Å². The van der Waals surface area contributed by atoms with Gasteiger partial charge in [-0.1, -0.05) is 78.3 Å². The van der Waals surface area contributed by atoms with Crippen LogP contribution in [0.2, 0.25) is 5.02 Å². The second-order valence-corrected chi connectivity index (χ2v) is 9.91. The van der Waals surface area contributed by atoms with Gasteiger partial charge in [-0.15, -0.1) is 0 Å². The molecule has 0 fully saturated rings. The molecular weight excluding hydrogens is 540 g/mol. The predicted octanol–water partition coefficient (Wildman–Crippen LogP) is 6.78. The fourth-order valence-corrected chi connectivity index (χ4v) is 5.07. The van der Waals surface area contributed by atoms with Crippen molar-refractivity contribution >= 4 is 51.8 Å². The molecule has 2 amide bonds. The fourth-order valence-electron chi connectivity index (χ4n) is 4.85. The maximum absolute atomic E-state index is 13.4. The number of hydrogen-bond donors (Lipinski definition) is 0. The Morgan fingerprint density at radius 2 is 1.44 bits per heavy atom. The van der Waals surface area contributed by atoms with Crippen LogP contribution in [0.15, 0.2) is 103 Å². The number of imide groups is 1. The summed E-state index contributed by atoms with van der Waals surface area (Å²) in [6.07, 6.45) is -1.02.